The van der Waals surface area contributed by atoms with Gasteiger partial charge in [-0.15, -0.1) is 0 Å². The molecular formula is C15H22F2N4O4. The highest BCUT2D eigenvalue weighted by atomic mass is 19.3. The normalized spacial score (nSPS) is 32.3. The van der Waals surface area contributed by atoms with Crippen molar-refractivity contribution in [1.29, 1.82) is 0 Å². The first kappa shape index (κ1) is 18.2. The second-order valence-corrected chi connectivity index (χ2v) is 6.43. The van der Waals surface area contributed by atoms with Gasteiger partial charge >= 0.3 is 11.6 Å². The van der Waals surface area contributed by atoms with Crippen molar-refractivity contribution in [2.75, 3.05) is 32.5 Å². The smallest absolute Gasteiger partial charge is 0.351 e. The molecule has 1 aromatic rings. The van der Waals surface area contributed by atoms with E-state index in [-0.39, 0.29) is 18.4 Å². The number of nitrogen functional groups attached to an aromatic ring is 1. The molecule has 0 amide bonds. The topological polar surface area (TPSA) is 103 Å². The molecule has 2 aliphatic rings. The van der Waals surface area contributed by atoms with Crippen LogP contribution in [0.1, 0.15) is 19.1 Å². The minimum absolute atomic E-state index is 0.0702. The molecular weight excluding hydrogens is 338 g/mol. The summed E-state index contributed by atoms with van der Waals surface area (Å²) in [5, 5.41) is 10.1. The lowest BCUT2D eigenvalue weighted by Gasteiger charge is -2.27. The van der Waals surface area contributed by atoms with Gasteiger partial charge in [-0.3, -0.25) is 9.47 Å². The molecule has 0 aromatic carbocycles. The second-order valence-electron chi connectivity index (χ2n) is 6.43. The highest BCUT2D eigenvalue weighted by Crippen LogP contribution is 2.42. The van der Waals surface area contributed by atoms with Gasteiger partial charge in [0.25, 0.3) is 0 Å². The predicted octanol–water partition coefficient (Wildman–Crippen LogP) is -0.170. The van der Waals surface area contributed by atoms with Crippen LogP contribution in [-0.2, 0) is 9.47 Å². The average Bonchev–Trinajstić information content (AvgIpc) is 3.06. The summed E-state index contributed by atoms with van der Waals surface area (Å²) < 4.78 is 40.2. The van der Waals surface area contributed by atoms with E-state index < -0.39 is 30.0 Å². The third-order valence-electron chi connectivity index (χ3n) is 4.76. The number of halogens is 2. The van der Waals surface area contributed by atoms with Gasteiger partial charge < -0.3 is 20.3 Å². The minimum atomic E-state index is -3.62. The Labute approximate surface area is 143 Å². The third kappa shape index (κ3) is 3.39. The van der Waals surface area contributed by atoms with Crippen molar-refractivity contribution < 1.29 is 23.4 Å². The Morgan fingerprint density at radius 1 is 1.56 bits per heavy atom. The standard InChI is InChI=1S/C15H22F2N4O4/c1-24-8-9-3-2-5-20(9)7-10-12(22)15(16,17)13(25-10)21-6-4-11(18)19-14(21)23/h4,6,9-10,12-13,22H,2-3,5,7-8H2,1H3,(H2,18,19,23)/t9?,10-,12-,13-/m1/s1. The van der Waals surface area contributed by atoms with E-state index in [1.165, 1.54) is 6.07 Å². The number of rotatable bonds is 5. The molecule has 8 nitrogen and oxygen atoms in total. The molecule has 3 N–H and O–H groups in total. The van der Waals surface area contributed by atoms with Crippen molar-refractivity contribution in [3.63, 3.8) is 0 Å². The summed E-state index contributed by atoms with van der Waals surface area (Å²) in [5.74, 6) is -3.69. The molecule has 3 rings (SSSR count). The maximum Gasteiger partial charge on any atom is 0.351 e. The number of aliphatic hydroxyl groups excluding tert-OH is 1. The van der Waals surface area contributed by atoms with E-state index in [1.807, 2.05) is 4.90 Å². The fourth-order valence-electron chi connectivity index (χ4n) is 3.47. The van der Waals surface area contributed by atoms with Gasteiger partial charge in [0, 0.05) is 25.9 Å². The van der Waals surface area contributed by atoms with E-state index >= 15 is 0 Å². The fraction of sp³-hybridized carbons (Fsp3) is 0.733. The lowest BCUT2D eigenvalue weighted by Crippen LogP contribution is -2.45. The van der Waals surface area contributed by atoms with Crippen molar-refractivity contribution in [2.45, 2.75) is 43.2 Å². The Bertz CT molecular complexity index is 671. The molecule has 1 aromatic heterocycles. The number of ether oxygens (including phenoxy) is 2. The molecule has 0 spiro atoms. The van der Waals surface area contributed by atoms with Crippen molar-refractivity contribution in [2.24, 2.45) is 0 Å². The molecule has 25 heavy (non-hydrogen) atoms. The van der Waals surface area contributed by atoms with Crippen molar-refractivity contribution in [3.05, 3.63) is 22.7 Å². The lowest BCUT2D eigenvalue weighted by molar-refractivity contribution is -0.140. The monoisotopic (exact) mass is 360 g/mol. The summed E-state index contributed by atoms with van der Waals surface area (Å²) in [6, 6.07) is 1.34. The van der Waals surface area contributed by atoms with Crippen LogP contribution in [0.4, 0.5) is 14.6 Å². The van der Waals surface area contributed by atoms with E-state index in [9.17, 15) is 18.7 Å². The maximum atomic E-state index is 14.5. The van der Waals surface area contributed by atoms with Crippen LogP contribution in [-0.4, -0.2) is 70.5 Å². The van der Waals surface area contributed by atoms with E-state index in [4.69, 9.17) is 15.2 Å². The largest absolute Gasteiger partial charge is 0.384 e. The number of methoxy groups -OCH3 is 1. The van der Waals surface area contributed by atoms with E-state index in [0.717, 1.165) is 25.6 Å². The van der Waals surface area contributed by atoms with Gasteiger partial charge in [-0.1, -0.05) is 0 Å². The third-order valence-corrected chi connectivity index (χ3v) is 4.76. The molecule has 2 fully saturated rings. The molecule has 0 saturated carbocycles. The molecule has 0 radical (unpaired) electrons. The highest BCUT2D eigenvalue weighted by Gasteiger charge is 2.60. The Morgan fingerprint density at radius 2 is 2.32 bits per heavy atom. The first-order chi connectivity index (χ1) is 11.8. The minimum Gasteiger partial charge on any atom is -0.384 e. The number of nitrogens with two attached hydrogens (primary N) is 1. The fourth-order valence-corrected chi connectivity index (χ4v) is 3.47. The van der Waals surface area contributed by atoms with Gasteiger partial charge in [-0.25, -0.2) is 4.79 Å². The van der Waals surface area contributed by atoms with Crippen LogP contribution in [0.2, 0.25) is 0 Å². The molecule has 2 aliphatic heterocycles. The summed E-state index contributed by atoms with van der Waals surface area (Å²) >= 11 is 0. The second kappa shape index (κ2) is 6.94. The van der Waals surface area contributed by atoms with Crippen molar-refractivity contribution >= 4 is 5.82 Å². The van der Waals surface area contributed by atoms with Crippen molar-refractivity contribution in [1.82, 2.24) is 14.5 Å². The summed E-state index contributed by atoms with van der Waals surface area (Å²) in [4.78, 5) is 17.3. The predicted molar refractivity (Wildman–Crippen MR) is 84.2 cm³/mol. The zero-order valence-electron chi connectivity index (χ0n) is 13.8. The number of hydrogen-bond acceptors (Lipinski definition) is 7. The molecule has 1 unspecified atom stereocenters. The van der Waals surface area contributed by atoms with Crippen molar-refractivity contribution in [3.8, 4) is 0 Å². The molecule has 140 valence electrons. The summed E-state index contributed by atoms with van der Waals surface area (Å²) in [6.45, 7) is 1.35. The van der Waals surface area contributed by atoms with Gasteiger partial charge in [0.2, 0.25) is 6.23 Å². The van der Waals surface area contributed by atoms with E-state index in [1.54, 1.807) is 7.11 Å². The van der Waals surface area contributed by atoms with Crippen LogP contribution < -0.4 is 11.4 Å². The zero-order valence-corrected chi connectivity index (χ0v) is 13.8. The van der Waals surface area contributed by atoms with Crippen LogP contribution >= 0.6 is 0 Å². The first-order valence-corrected chi connectivity index (χ1v) is 8.13. The maximum absolute atomic E-state index is 14.5. The summed E-state index contributed by atoms with van der Waals surface area (Å²) in [5.41, 5.74) is 4.43. The Morgan fingerprint density at radius 3 is 3.00 bits per heavy atom. The Balaban J connectivity index is 1.78. The van der Waals surface area contributed by atoms with Crippen LogP contribution in [0.3, 0.4) is 0 Å². The SMILES string of the molecule is COCC1CCCN1C[C@H]1O[C@@H](n2ccc(N)nc2=O)C(F)(F)[C@@H]1O. The molecule has 2 saturated heterocycles. The van der Waals surface area contributed by atoms with Crippen LogP contribution in [0, 0.1) is 0 Å². The quantitative estimate of drug-likeness (QED) is 0.751. The number of aliphatic hydroxyl groups is 1. The van der Waals surface area contributed by atoms with Gasteiger partial charge in [0.15, 0.2) is 0 Å². The van der Waals surface area contributed by atoms with Crippen LogP contribution in [0.25, 0.3) is 0 Å². The zero-order chi connectivity index (χ0) is 18.2. The number of aromatic nitrogens is 2. The first-order valence-electron chi connectivity index (χ1n) is 8.13. The average molecular weight is 360 g/mol. The van der Waals surface area contributed by atoms with E-state index in [0.29, 0.717) is 11.2 Å². The molecule has 3 heterocycles. The van der Waals surface area contributed by atoms with Crippen LogP contribution in [0.15, 0.2) is 17.1 Å². The van der Waals surface area contributed by atoms with Gasteiger partial charge in [0.05, 0.1) is 6.61 Å². The number of anilines is 1. The molecule has 10 heteroatoms. The Kier molecular flexibility index (Phi) is 5.05. The van der Waals surface area contributed by atoms with Gasteiger partial charge in [-0.05, 0) is 25.5 Å². The Hall–Kier alpha value is -1.62. The lowest BCUT2D eigenvalue weighted by atomic mass is 10.1. The van der Waals surface area contributed by atoms with Crippen LogP contribution in [0.5, 0.6) is 0 Å². The molecule has 0 aliphatic carbocycles. The summed E-state index contributed by atoms with van der Waals surface area (Å²) in [7, 11) is 1.59. The number of hydrogen-bond donors (Lipinski definition) is 2. The van der Waals surface area contributed by atoms with E-state index in [2.05, 4.69) is 4.98 Å². The number of nitrogens with zero attached hydrogens (tertiary/aromatic N) is 3. The number of alkyl halides is 2. The molecule has 4 atom stereocenters. The highest BCUT2D eigenvalue weighted by molar-refractivity contribution is 5.23. The number of likely N-dealkylation sites (tertiary alicyclic amines) is 1. The molecule has 0 bridgehead atoms. The van der Waals surface area contributed by atoms with Gasteiger partial charge in [0.1, 0.15) is 18.0 Å². The summed E-state index contributed by atoms with van der Waals surface area (Å²) in [6.07, 6.45) is -2.14. The van der Waals surface area contributed by atoms with Gasteiger partial charge in [-0.2, -0.15) is 13.8 Å².